The van der Waals surface area contributed by atoms with E-state index < -0.39 is 5.97 Å². The molecule has 64 heavy (non-hydrogen) atoms. The van der Waals surface area contributed by atoms with Gasteiger partial charge in [0.1, 0.15) is 37.8 Å². The van der Waals surface area contributed by atoms with Gasteiger partial charge in [-0.3, -0.25) is 9.59 Å². The van der Waals surface area contributed by atoms with E-state index in [9.17, 15) is 24.3 Å². The van der Waals surface area contributed by atoms with Gasteiger partial charge in [0.25, 0.3) is 5.91 Å². The summed E-state index contributed by atoms with van der Waals surface area (Å²) in [4.78, 5) is 56.4. The van der Waals surface area contributed by atoms with E-state index in [1.165, 1.54) is 6.07 Å². The van der Waals surface area contributed by atoms with E-state index in [1.54, 1.807) is 17.0 Å². The van der Waals surface area contributed by atoms with E-state index in [1.807, 2.05) is 103 Å². The van der Waals surface area contributed by atoms with Crippen LogP contribution < -0.4 is 35.3 Å². The third kappa shape index (κ3) is 9.85. The first-order valence-corrected chi connectivity index (χ1v) is 22.0. The van der Waals surface area contributed by atoms with E-state index in [2.05, 4.69) is 10.6 Å². The quantitative estimate of drug-likeness (QED) is 0.0898. The van der Waals surface area contributed by atoms with Crippen LogP contribution in [0, 0.1) is 5.92 Å². The number of piperidine rings is 1. The maximum absolute atomic E-state index is 13.3. The number of carboxylic acids is 1. The fraction of sp³-hybridized carbons (Fsp3) is 0.408. The molecule has 2 N–H and O–H groups in total. The van der Waals surface area contributed by atoms with Gasteiger partial charge in [0, 0.05) is 104 Å². The molecule has 15 heteroatoms. The summed E-state index contributed by atoms with van der Waals surface area (Å²) in [7, 11) is 7.78. The van der Waals surface area contributed by atoms with Crippen molar-refractivity contribution in [3.63, 3.8) is 0 Å². The highest BCUT2D eigenvalue weighted by Gasteiger charge is 2.40. The summed E-state index contributed by atoms with van der Waals surface area (Å²) in [5.74, 6) is -0.262. The number of likely N-dealkylation sites (tertiary alicyclic amines) is 2. The largest absolute Gasteiger partial charge is 0.545 e. The van der Waals surface area contributed by atoms with Crippen LogP contribution in [-0.2, 0) is 20.9 Å². The molecule has 3 saturated heterocycles. The highest BCUT2D eigenvalue weighted by atomic mass is 16.5. The van der Waals surface area contributed by atoms with Crippen molar-refractivity contribution in [2.45, 2.75) is 44.4 Å². The second kappa shape index (κ2) is 19.5. The lowest BCUT2D eigenvalue weighted by Gasteiger charge is -2.46. The number of unbranched alkanes of at least 4 members (excludes halogenated alkanes) is 2. The topological polar surface area (TPSA) is 169 Å². The minimum atomic E-state index is -1.38. The number of urea groups is 1. The fourth-order valence-electron chi connectivity index (χ4n) is 8.68. The number of aromatic carboxylic acids is 1. The van der Waals surface area contributed by atoms with Crippen LogP contribution in [0.2, 0.25) is 0 Å². The predicted molar refractivity (Wildman–Crippen MR) is 240 cm³/mol. The number of carboxylic acid groups (broad SMARTS) is 1. The average Bonchev–Trinajstić information content (AvgIpc) is 3.27. The molecule has 3 aromatic rings. The summed E-state index contributed by atoms with van der Waals surface area (Å²) < 4.78 is 26.2. The lowest BCUT2D eigenvalue weighted by Crippen LogP contribution is -2.64. The summed E-state index contributed by atoms with van der Waals surface area (Å²) in [6, 6.07) is 24.0. The van der Waals surface area contributed by atoms with Gasteiger partial charge in [-0.1, -0.05) is 24.3 Å². The molecule has 2 atom stereocenters. The highest BCUT2D eigenvalue weighted by molar-refractivity contribution is 6.09. The van der Waals surface area contributed by atoms with Gasteiger partial charge in [-0.25, -0.2) is 9.37 Å². The molecule has 336 valence electrons. The maximum atomic E-state index is 13.3. The second-order valence-electron chi connectivity index (χ2n) is 17.3. The van der Waals surface area contributed by atoms with E-state index >= 15 is 0 Å². The Kier molecular flexibility index (Phi) is 13.5. The molecule has 0 bridgehead atoms. The third-order valence-corrected chi connectivity index (χ3v) is 12.3. The van der Waals surface area contributed by atoms with Gasteiger partial charge in [0.05, 0.1) is 44.0 Å². The van der Waals surface area contributed by atoms with Crippen molar-refractivity contribution in [3.05, 3.63) is 101 Å². The number of fused-ring (bicyclic) bond motifs is 3. The summed E-state index contributed by atoms with van der Waals surface area (Å²) in [6.07, 6.45) is 2.98. The van der Waals surface area contributed by atoms with Crippen LogP contribution in [0.25, 0.3) is 33.4 Å². The van der Waals surface area contributed by atoms with E-state index in [0.717, 1.165) is 46.1 Å². The van der Waals surface area contributed by atoms with Gasteiger partial charge in [-0.05, 0) is 67.6 Å². The number of ether oxygens (including phenoxy) is 3. The van der Waals surface area contributed by atoms with Crippen LogP contribution in [0.1, 0.15) is 52.0 Å². The Hall–Kier alpha value is -6.45. The van der Waals surface area contributed by atoms with Crippen molar-refractivity contribution in [2.24, 2.45) is 5.92 Å². The number of benzene rings is 4. The van der Waals surface area contributed by atoms with Gasteiger partial charge in [0.2, 0.25) is 11.3 Å². The van der Waals surface area contributed by atoms with Gasteiger partial charge in [-0.15, -0.1) is 0 Å². The number of rotatable bonds is 15. The number of carbonyl (C=O) groups is 4. The van der Waals surface area contributed by atoms with Gasteiger partial charge in [0.15, 0.2) is 0 Å². The zero-order valence-corrected chi connectivity index (χ0v) is 36.9. The summed E-state index contributed by atoms with van der Waals surface area (Å²) in [5, 5.41) is 20.3. The SMILES string of the molecule is CN(C)c1ccc2c(-c3ccc(C(=O)NCCCCCOc4ccccc4COCC4CN(C(=O)N5CC[C@@H]6OCC(=O)N[C@@H]6C5)C4)cc3C(=O)[O-])c3ccc(=[N+](C)C)cc-3oc2c1. The number of para-hydroxylation sites is 1. The van der Waals surface area contributed by atoms with Crippen molar-refractivity contribution < 1.29 is 42.9 Å². The first-order chi connectivity index (χ1) is 30.9. The molecule has 1 aliphatic carbocycles. The zero-order chi connectivity index (χ0) is 44.9. The van der Waals surface area contributed by atoms with Crippen molar-refractivity contribution in [1.29, 1.82) is 0 Å². The normalized spacial score (nSPS) is 17.4. The molecule has 0 unspecified atom stereocenters. The van der Waals surface area contributed by atoms with Crippen molar-refractivity contribution in [3.8, 4) is 28.2 Å². The van der Waals surface area contributed by atoms with Crippen LogP contribution in [0.5, 0.6) is 5.75 Å². The highest BCUT2D eigenvalue weighted by Crippen LogP contribution is 2.42. The van der Waals surface area contributed by atoms with Crippen LogP contribution in [0.15, 0.2) is 83.3 Å². The molecule has 3 aromatic carbocycles. The maximum Gasteiger partial charge on any atom is 0.320 e. The van der Waals surface area contributed by atoms with Gasteiger partial charge >= 0.3 is 6.03 Å². The molecule has 4 heterocycles. The van der Waals surface area contributed by atoms with E-state index in [0.29, 0.717) is 87.9 Å². The first-order valence-electron chi connectivity index (χ1n) is 22.0. The Morgan fingerprint density at radius 3 is 2.55 bits per heavy atom. The molecule has 0 aromatic heterocycles. The van der Waals surface area contributed by atoms with Crippen molar-refractivity contribution in [1.82, 2.24) is 25.0 Å². The van der Waals surface area contributed by atoms with Crippen LogP contribution in [-0.4, -0.2) is 126 Å². The molecule has 15 nitrogen and oxygen atoms in total. The Morgan fingerprint density at radius 2 is 1.75 bits per heavy atom. The molecular weight excluding hydrogens is 817 g/mol. The molecule has 8 rings (SSSR count). The first kappa shape index (κ1) is 44.2. The summed E-state index contributed by atoms with van der Waals surface area (Å²) in [5.41, 5.74) is 4.50. The monoisotopic (exact) mass is 872 g/mol. The van der Waals surface area contributed by atoms with E-state index in [4.69, 9.17) is 18.6 Å². The number of carbonyl (C=O) groups excluding carboxylic acids is 4. The molecule has 4 aliphatic heterocycles. The van der Waals surface area contributed by atoms with Crippen molar-refractivity contribution in [2.75, 3.05) is 85.6 Å². The molecular formula is C49H56N6O9. The lowest BCUT2D eigenvalue weighted by molar-refractivity contribution is -0.254. The van der Waals surface area contributed by atoms with Gasteiger partial charge in [-0.2, -0.15) is 0 Å². The average molecular weight is 873 g/mol. The number of hydrogen-bond acceptors (Lipinski definition) is 10. The second-order valence-corrected chi connectivity index (χ2v) is 17.3. The molecule has 5 aliphatic rings. The minimum absolute atomic E-state index is 0.00443. The standard InChI is InChI=1S/C49H56N6O9/c1-52(2)34-13-16-37-43(23-34)64-44-24-35(53(3)4)14-17-38(44)46(37)36-15-12-32(22-39(36)48(58)59)47(57)50-19-8-5-9-21-62-41-11-7-6-10-33(41)29-61-28-31-25-55(26-31)49(60)54-20-18-42-40(27-54)51-45(56)30-63-42/h6-7,10-17,22-24,31,40,42H,5,8-9,18-21,25-30H2,1-4H3,(H2-,50,51,56,57,58,59)/t40-,42+/m1/s1. The Bertz CT molecular complexity index is 2580. The summed E-state index contributed by atoms with van der Waals surface area (Å²) >= 11 is 0. The minimum Gasteiger partial charge on any atom is -0.545 e. The zero-order valence-electron chi connectivity index (χ0n) is 36.9. The Morgan fingerprint density at radius 1 is 0.938 bits per heavy atom. The van der Waals surface area contributed by atoms with Crippen LogP contribution in [0.4, 0.5) is 10.5 Å². The predicted octanol–water partition coefficient (Wildman–Crippen LogP) is 3.80. The van der Waals surface area contributed by atoms with Crippen molar-refractivity contribution >= 4 is 40.5 Å². The van der Waals surface area contributed by atoms with Crippen LogP contribution in [0.3, 0.4) is 0 Å². The summed E-state index contributed by atoms with van der Waals surface area (Å²) in [6.45, 7) is 4.28. The molecule has 0 spiro atoms. The van der Waals surface area contributed by atoms with Gasteiger partial charge < -0.3 is 53.9 Å². The molecule has 3 fully saturated rings. The number of anilines is 1. The van der Waals surface area contributed by atoms with E-state index in [-0.39, 0.29) is 53.6 Å². The number of amides is 4. The fourth-order valence-corrected chi connectivity index (χ4v) is 8.68. The smallest absolute Gasteiger partial charge is 0.320 e. The molecule has 0 saturated carbocycles. The Balaban J connectivity index is 0.794. The lowest BCUT2D eigenvalue weighted by atomic mass is 9.89. The van der Waals surface area contributed by atoms with Crippen LogP contribution >= 0.6 is 0 Å². The third-order valence-electron chi connectivity index (χ3n) is 12.3. The number of hydrogen-bond donors (Lipinski definition) is 2. The number of nitrogens with zero attached hydrogens (tertiary/aromatic N) is 4. The Labute approximate surface area is 372 Å². The number of nitrogens with one attached hydrogen (secondary N) is 2. The molecule has 4 amide bonds. The molecule has 0 radical (unpaired) electrons. The number of morpholine rings is 1.